The van der Waals surface area contributed by atoms with Gasteiger partial charge in [0, 0.05) is 30.0 Å². The summed E-state index contributed by atoms with van der Waals surface area (Å²) in [4.78, 5) is 39.8. The smallest absolute Gasteiger partial charge is 0.311 e. The molecule has 10 heteroatoms. The number of hydrogen-bond donors (Lipinski definition) is 1. The minimum atomic E-state index is -0.777. The second kappa shape index (κ2) is 12.6. The molecule has 53 heavy (non-hydrogen) atoms. The summed E-state index contributed by atoms with van der Waals surface area (Å²) in [6.45, 7) is 14.9. The van der Waals surface area contributed by atoms with E-state index >= 15 is 0 Å². The van der Waals surface area contributed by atoms with Gasteiger partial charge in [-0.15, -0.1) is 0 Å². The van der Waals surface area contributed by atoms with E-state index < -0.39 is 23.6 Å². The number of carbonyl (C=O) groups excluding carboxylic acids is 3. The molecular weight excluding hydrogens is 676 g/mol. The van der Waals surface area contributed by atoms with E-state index in [2.05, 4.69) is 34.6 Å². The van der Waals surface area contributed by atoms with Crippen LogP contribution >= 0.6 is 0 Å². The topological polar surface area (TPSA) is 127 Å². The number of ketones is 1. The zero-order chi connectivity index (χ0) is 38.5. The fourth-order valence-corrected chi connectivity index (χ4v) is 11.9. The first kappa shape index (κ1) is 37.4. The normalized spacial score (nSPS) is 36.9. The first-order valence-corrected chi connectivity index (χ1v) is 19.1. The Bertz CT molecular complexity index is 1840. The Labute approximate surface area is 313 Å². The van der Waals surface area contributed by atoms with Crippen molar-refractivity contribution in [3.8, 4) is 28.7 Å². The summed E-state index contributed by atoms with van der Waals surface area (Å²) in [7, 11) is 4.40. The molecular formula is C43H56O10. The Kier molecular flexibility index (Phi) is 8.85. The summed E-state index contributed by atoms with van der Waals surface area (Å²) in [5.74, 6) is 1.19. The molecule has 0 spiro atoms. The molecule has 2 aromatic carbocycles. The summed E-state index contributed by atoms with van der Waals surface area (Å²) < 4.78 is 35.2. The SMILES string of the molecule is COC(=O)C1(C)CCC2(C)CCC3(C)C4CC(=O)c5c(cc6c(c5C)OC(c5cc(OC)c(O)c(OC)c5)C(COC(C)=O)O6)C4(C)CCC3(C)C2C1. The molecule has 7 rings (SSSR count). The van der Waals surface area contributed by atoms with E-state index in [1.165, 1.54) is 28.3 Å². The molecule has 4 aliphatic carbocycles. The van der Waals surface area contributed by atoms with E-state index in [0.29, 0.717) is 35.0 Å². The van der Waals surface area contributed by atoms with Crippen LogP contribution in [0, 0.1) is 40.4 Å². The Hall–Kier alpha value is -3.95. The lowest BCUT2D eigenvalue weighted by Gasteiger charge is -2.71. The van der Waals surface area contributed by atoms with E-state index in [1.807, 2.05) is 13.0 Å². The van der Waals surface area contributed by atoms with Crippen LogP contribution in [0.1, 0.15) is 126 Å². The molecule has 1 aliphatic heterocycles. The molecule has 2 aromatic rings. The molecule has 0 bridgehead atoms. The molecule has 0 aromatic heterocycles. The third-order valence-corrected chi connectivity index (χ3v) is 15.3. The van der Waals surface area contributed by atoms with Crippen molar-refractivity contribution in [3.05, 3.63) is 40.5 Å². The van der Waals surface area contributed by atoms with Crippen molar-refractivity contribution < 1.29 is 47.9 Å². The van der Waals surface area contributed by atoms with Crippen molar-refractivity contribution in [2.45, 2.75) is 117 Å². The maximum Gasteiger partial charge on any atom is 0.311 e. The van der Waals surface area contributed by atoms with Gasteiger partial charge in [0.15, 0.2) is 41.0 Å². The summed E-state index contributed by atoms with van der Waals surface area (Å²) in [6.07, 6.45) is 5.55. The lowest BCUT2D eigenvalue weighted by molar-refractivity contribution is -0.212. The largest absolute Gasteiger partial charge is 0.502 e. The molecule has 0 saturated heterocycles. The van der Waals surface area contributed by atoms with Crippen LogP contribution in [0.25, 0.3) is 0 Å². The van der Waals surface area contributed by atoms with Gasteiger partial charge >= 0.3 is 11.9 Å². The number of phenols is 1. The molecule has 9 unspecified atom stereocenters. The Morgan fingerprint density at radius 2 is 1.49 bits per heavy atom. The third-order valence-electron chi connectivity index (χ3n) is 15.3. The number of aromatic hydroxyl groups is 1. The molecule has 5 aliphatic rings. The molecule has 3 saturated carbocycles. The lowest BCUT2D eigenvalue weighted by Crippen LogP contribution is -2.66. The highest BCUT2D eigenvalue weighted by atomic mass is 16.6. The quantitative estimate of drug-likeness (QED) is 0.291. The average Bonchev–Trinajstić information content (AvgIpc) is 3.13. The van der Waals surface area contributed by atoms with Crippen LogP contribution in [0.2, 0.25) is 0 Å². The summed E-state index contributed by atoms with van der Waals surface area (Å²) >= 11 is 0. The number of methoxy groups -OCH3 is 3. The van der Waals surface area contributed by atoms with Crippen molar-refractivity contribution in [1.29, 1.82) is 0 Å². The minimum absolute atomic E-state index is 0.0743. The van der Waals surface area contributed by atoms with Crippen LogP contribution in [-0.4, -0.2) is 56.9 Å². The lowest BCUT2D eigenvalue weighted by atomic mass is 9.32. The highest BCUT2D eigenvalue weighted by Gasteiger charge is 2.69. The standard InChI is InChI=1S/C43H56O10/c1-23-34-26(19-30-36(23)53-37(31(52-30)22-51-24(2)44)25-17-28(48-8)35(46)29(18-25)49-9)41(5)14-16-43(7)33-21-40(4,38(47)50-10)12-11-39(33,3)13-15-42(43,6)32(41)20-27(34)45/h17-19,31-33,37,46H,11-16,20-22H2,1-10H3. The molecule has 1 N–H and O–H groups in total. The van der Waals surface area contributed by atoms with Crippen molar-refractivity contribution in [2.24, 2.45) is 33.5 Å². The van der Waals surface area contributed by atoms with Gasteiger partial charge in [-0.2, -0.15) is 0 Å². The Balaban J connectivity index is 1.30. The highest BCUT2D eigenvalue weighted by molar-refractivity contribution is 6.02. The molecule has 0 amide bonds. The second-order valence-corrected chi connectivity index (χ2v) is 17.9. The Morgan fingerprint density at radius 3 is 2.11 bits per heavy atom. The number of ether oxygens (including phenoxy) is 6. The zero-order valence-electron chi connectivity index (χ0n) is 33.0. The predicted molar refractivity (Wildman–Crippen MR) is 197 cm³/mol. The van der Waals surface area contributed by atoms with E-state index in [1.54, 1.807) is 12.1 Å². The van der Waals surface area contributed by atoms with Gasteiger partial charge < -0.3 is 33.5 Å². The highest BCUT2D eigenvalue weighted by Crippen LogP contribution is 2.75. The van der Waals surface area contributed by atoms with Crippen LogP contribution < -0.4 is 18.9 Å². The number of esters is 2. The van der Waals surface area contributed by atoms with E-state index in [0.717, 1.165) is 56.1 Å². The van der Waals surface area contributed by atoms with Crippen LogP contribution in [0.3, 0.4) is 0 Å². The molecule has 9 atom stereocenters. The average molecular weight is 733 g/mol. The second-order valence-electron chi connectivity index (χ2n) is 17.9. The van der Waals surface area contributed by atoms with Gasteiger partial charge in [0.25, 0.3) is 0 Å². The van der Waals surface area contributed by atoms with Gasteiger partial charge in [0.05, 0.1) is 26.7 Å². The fraction of sp³-hybridized carbons (Fsp3) is 0.651. The fourth-order valence-electron chi connectivity index (χ4n) is 11.9. The maximum atomic E-state index is 14.6. The number of benzene rings is 2. The molecule has 0 radical (unpaired) electrons. The number of rotatable bonds is 6. The molecule has 10 nitrogen and oxygen atoms in total. The van der Waals surface area contributed by atoms with Crippen molar-refractivity contribution in [2.75, 3.05) is 27.9 Å². The van der Waals surface area contributed by atoms with Crippen molar-refractivity contribution in [1.82, 2.24) is 0 Å². The monoisotopic (exact) mass is 732 g/mol. The van der Waals surface area contributed by atoms with Gasteiger partial charge in [-0.1, -0.05) is 27.7 Å². The molecule has 288 valence electrons. The Morgan fingerprint density at radius 1 is 0.868 bits per heavy atom. The zero-order valence-corrected chi connectivity index (χ0v) is 33.0. The van der Waals surface area contributed by atoms with Gasteiger partial charge in [0.2, 0.25) is 5.75 Å². The van der Waals surface area contributed by atoms with Gasteiger partial charge in [-0.25, -0.2) is 0 Å². The van der Waals surface area contributed by atoms with Crippen LogP contribution in [0.5, 0.6) is 28.7 Å². The van der Waals surface area contributed by atoms with Crippen molar-refractivity contribution >= 4 is 17.7 Å². The number of Topliss-reactive ketones (excluding diaryl/α,β-unsaturated/α-hetero) is 1. The first-order valence-electron chi connectivity index (χ1n) is 19.1. The summed E-state index contributed by atoms with van der Waals surface area (Å²) in [5.41, 5.74) is 2.10. The third kappa shape index (κ3) is 5.35. The number of phenolic OH excluding ortho intramolecular Hbond substituents is 1. The minimum Gasteiger partial charge on any atom is -0.502 e. The summed E-state index contributed by atoms with van der Waals surface area (Å²) in [5, 5.41) is 10.6. The molecule has 3 fully saturated rings. The number of hydrogen-bond acceptors (Lipinski definition) is 10. The first-order chi connectivity index (χ1) is 24.9. The van der Waals surface area contributed by atoms with Crippen LogP contribution in [-0.2, 0) is 24.5 Å². The summed E-state index contributed by atoms with van der Waals surface area (Å²) in [6, 6.07) is 5.32. The van der Waals surface area contributed by atoms with Gasteiger partial charge in [-0.3, -0.25) is 14.4 Å². The van der Waals surface area contributed by atoms with Crippen LogP contribution in [0.15, 0.2) is 18.2 Å². The number of fused-ring (bicyclic) bond motifs is 8. The molecule has 1 heterocycles. The van der Waals surface area contributed by atoms with Crippen molar-refractivity contribution in [3.63, 3.8) is 0 Å². The van der Waals surface area contributed by atoms with E-state index in [9.17, 15) is 19.5 Å². The van der Waals surface area contributed by atoms with E-state index in [-0.39, 0.29) is 63.2 Å². The predicted octanol–water partition coefficient (Wildman–Crippen LogP) is 8.21. The maximum absolute atomic E-state index is 14.6. The van der Waals surface area contributed by atoms with Crippen LogP contribution in [0.4, 0.5) is 0 Å². The van der Waals surface area contributed by atoms with Gasteiger partial charge in [-0.05, 0) is 116 Å². The van der Waals surface area contributed by atoms with E-state index in [4.69, 9.17) is 28.4 Å². The number of carbonyl (C=O) groups is 3. The van der Waals surface area contributed by atoms with Gasteiger partial charge in [0.1, 0.15) is 6.61 Å².